The van der Waals surface area contributed by atoms with Gasteiger partial charge in [-0.05, 0) is 35.6 Å². The van der Waals surface area contributed by atoms with Crippen LogP contribution in [-0.4, -0.2) is 27.5 Å². The number of carbonyl (C=O) groups excluding carboxylic acids is 2. The molecule has 166 valence electrons. The summed E-state index contributed by atoms with van der Waals surface area (Å²) >= 11 is 0. The van der Waals surface area contributed by atoms with Crippen molar-refractivity contribution in [1.82, 2.24) is 9.55 Å². The Balaban J connectivity index is 1.77. The number of amides is 1. The zero-order chi connectivity index (χ0) is 23.4. The van der Waals surface area contributed by atoms with Gasteiger partial charge in [-0.2, -0.15) is 0 Å². The molecular formula is C26H23N3O4. The Morgan fingerprint density at radius 1 is 1.00 bits per heavy atom. The molecule has 4 rings (SSSR count). The van der Waals surface area contributed by atoms with E-state index in [9.17, 15) is 14.4 Å². The number of rotatable bonds is 6. The maximum atomic E-state index is 13.4. The first-order valence-corrected chi connectivity index (χ1v) is 10.6. The summed E-state index contributed by atoms with van der Waals surface area (Å²) in [6.45, 7) is 1.75. The average molecular weight is 441 g/mol. The zero-order valence-corrected chi connectivity index (χ0v) is 18.3. The Morgan fingerprint density at radius 2 is 1.70 bits per heavy atom. The third-order valence-corrected chi connectivity index (χ3v) is 5.40. The number of anilines is 1. The Hall–Kier alpha value is -4.26. The van der Waals surface area contributed by atoms with Crippen LogP contribution in [-0.2, 0) is 16.6 Å². The van der Waals surface area contributed by atoms with Gasteiger partial charge in [0, 0.05) is 24.2 Å². The van der Waals surface area contributed by atoms with E-state index < -0.39 is 18.0 Å². The quantitative estimate of drug-likeness (QED) is 0.454. The van der Waals surface area contributed by atoms with Crippen molar-refractivity contribution in [3.05, 3.63) is 95.2 Å². The van der Waals surface area contributed by atoms with Gasteiger partial charge in [0.1, 0.15) is 5.69 Å². The summed E-state index contributed by atoms with van der Waals surface area (Å²) in [7, 11) is 1.54. The van der Waals surface area contributed by atoms with Gasteiger partial charge in [0.05, 0.1) is 11.9 Å². The predicted octanol–water partition coefficient (Wildman–Crippen LogP) is 4.17. The van der Waals surface area contributed by atoms with Gasteiger partial charge in [-0.3, -0.25) is 14.6 Å². The van der Waals surface area contributed by atoms with Crippen LogP contribution in [0.1, 0.15) is 23.8 Å². The molecule has 0 fully saturated rings. The van der Waals surface area contributed by atoms with Crippen LogP contribution in [0.4, 0.5) is 5.69 Å². The first-order chi connectivity index (χ1) is 16.0. The highest BCUT2D eigenvalue weighted by Gasteiger charge is 2.27. The van der Waals surface area contributed by atoms with Crippen LogP contribution in [0.15, 0.2) is 83.9 Å². The third-order valence-electron chi connectivity index (χ3n) is 5.40. The van der Waals surface area contributed by atoms with Crippen molar-refractivity contribution in [1.29, 1.82) is 0 Å². The number of ether oxygens (including phenoxy) is 1. The van der Waals surface area contributed by atoms with E-state index in [1.54, 1.807) is 37.4 Å². The minimum absolute atomic E-state index is 0.0949. The van der Waals surface area contributed by atoms with Crippen LogP contribution in [0.3, 0.4) is 0 Å². The Kier molecular flexibility index (Phi) is 6.31. The fourth-order valence-electron chi connectivity index (χ4n) is 3.77. The molecule has 1 N–H and O–H groups in total. The zero-order valence-electron chi connectivity index (χ0n) is 18.3. The van der Waals surface area contributed by atoms with E-state index in [4.69, 9.17) is 4.74 Å². The normalized spacial score (nSPS) is 11.7. The molecule has 2 aromatic carbocycles. The summed E-state index contributed by atoms with van der Waals surface area (Å²) in [6, 6.07) is 19.9. The van der Waals surface area contributed by atoms with Crippen LogP contribution >= 0.6 is 0 Å². The average Bonchev–Trinajstić information content (AvgIpc) is 2.85. The van der Waals surface area contributed by atoms with Gasteiger partial charge in [-0.25, -0.2) is 4.79 Å². The van der Waals surface area contributed by atoms with Gasteiger partial charge in [0.25, 0.3) is 11.5 Å². The molecule has 1 unspecified atom stereocenters. The van der Waals surface area contributed by atoms with Crippen molar-refractivity contribution in [2.45, 2.75) is 19.4 Å². The lowest BCUT2D eigenvalue weighted by molar-refractivity contribution is -0.124. The molecule has 0 saturated heterocycles. The smallest absolute Gasteiger partial charge is 0.356 e. The molecule has 0 aliphatic heterocycles. The van der Waals surface area contributed by atoms with Crippen LogP contribution in [0, 0.1) is 0 Å². The molecule has 0 bridgehead atoms. The van der Waals surface area contributed by atoms with Gasteiger partial charge < -0.3 is 14.6 Å². The minimum atomic E-state index is -1.04. The van der Waals surface area contributed by atoms with Gasteiger partial charge in [-0.1, -0.05) is 55.5 Å². The van der Waals surface area contributed by atoms with Crippen molar-refractivity contribution in [3.8, 4) is 11.1 Å². The topological polar surface area (TPSA) is 90.3 Å². The number of benzene rings is 2. The Labute approximate surface area is 190 Å². The SMILES string of the molecule is CCC(OC(=O)c1c(-c2ccccc2)c2ccccc2c(=O)n1C)C(=O)Nc1cccnc1. The molecule has 0 saturated carbocycles. The third kappa shape index (κ3) is 4.39. The van der Waals surface area contributed by atoms with Gasteiger partial charge >= 0.3 is 5.97 Å². The van der Waals surface area contributed by atoms with Crippen LogP contribution < -0.4 is 10.9 Å². The number of nitrogens with zero attached hydrogens (tertiary/aromatic N) is 2. The molecule has 0 spiro atoms. The summed E-state index contributed by atoms with van der Waals surface area (Å²) in [5.41, 5.74) is 1.63. The molecule has 7 heteroatoms. The second-order valence-corrected chi connectivity index (χ2v) is 7.53. The van der Waals surface area contributed by atoms with E-state index in [-0.39, 0.29) is 17.7 Å². The van der Waals surface area contributed by atoms with Crippen LogP contribution in [0.25, 0.3) is 21.9 Å². The number of aromatic nitrogens is 2. The first-order valence-electron chi connectivity index (χ1n) is 10.6. The summed E-state index contributed by atoms with van der Waals surface area (Å²) < 4.78 is 6.93. The highest BCUT2D eigenvalue weighted by atomic mass is 16.5. The van der Waals surface area contributed by atoms with Crippen molar-refractivity contribution in [3.63, 3.8) is 0 Å². The van der Waals surface area contributed by atoms with Crippen molar-refractivity contribution in [2.24, 2.45) is 7.05 Å². The second-order valence-electron chi connectivity index (χ2n) is 7.53. The maximum Gasteiger partial charge on any atom is 0.356 e. The minimum Gasteiger partial charge on any atom is -0.448 e. The molecule has 4 aromatic rings. The van der Waals surface area contributed by atoms with E-state index >= 15 is 0 Å². The number of esters is 1. The fraction of sp³-hybridized carbons (Fsp3) is 0.154. The lowest BCUT2D eigenvalue weighted by Gasteiger charge is -2.20. The number of pyridine rings is 2. The number of hydrogen-bond donors (Lipinski definition) is 1. The number of nitrogens with one attached hydrogen (secondary N) is 1. The van der Waals surface area contributed by atoms with Crippen molar-refractivity contribution >= 4 is 28.3 Å². The van der Waals surface area contributed by atoms with E-state index in [0.29, 0.717) is 22.0 Å². The monoisotopic (exact) mass is 441 g/mol. The molecule has 1 atom stereocenters. The number of carbonyl (C=O) groups is 2. The second kappa shape index (κ2) is 9.48. The molecule has 0 aliphatic rings. The van der Waals surface area contributed by atoms with E-state index in [0.717, 1.165) is 5.56 Å². The molecular weight excluding hydrogens is 418 g/mol. The highest BCUT2D eigenvalue weighted by molar-refractivity contribution is 6.07. The Morgan fingerprint density at radius 3 is 2.36 bits per heavy atom. The van der Waals surface area contributed by atoms with Gasteiger partial charge in [-0.15, -0.1) is 0 Å². The van der Waals surface area contributed by atoms with Crippen molar-refractivity contribution in [2.75, 3.05) is 5.32 Å². The summed E-state index contributed by atoms with van der Waals surface area (Å²) in [4.78, 5) is 43.2. The molecule has 2 aromatic heterocycles. The lowest BCUT2D eigenvalue weighted by Crippen LogP contribution is -2.34. The van der Waals surface area contributed by atoms with Gasteiger partial charge in [0.2, 0.25) is 0 Å². The van der Waals surface area contributed by atoms with E-state index in [1.165, 1.54) is 17.8 Å². The van der Waals surface area contributed by atoms with Crippen LogP contribution in [0.2, 0.25) is 0 Å². The largest absolute Gasteiger partial charge is 0.448 e. The van der Waals surface area contributed by atoms with E-state index in [1.807, 2.05) is 42.5 Å². The lowest BCUT2D eigenvalue weighted by atomic mass is 9.97. The number of hydrogen-bond acceptors (Lipinski definition) is 5. The van der Waals surface area contributed by atoms with Gasteiger partial charge in [0.15, 0.2) is 6.10 Å². The predicted molar refractivity (Wildman–Crippen MR) is 127 cm³/mol. The highest BCUT2D eigenvalue weighted by Crippen LogP contribution is 2.31. The molecule has 0 radical (unpaired) electrons. The fourth-order valence-corrected chi connectivity index (χ4v) is 3.77. The molecule has 2 heterocycles. The molecule has 1 amide bonds. The summed E-state index contributed by atoms with van der Waals surface area (Å²) in [6.07, 6.45) is 2.33. The van der Waals surface area contributed by atoms with Crippen LogP contribution in [0.5, 0.6) is 0 Å². The Bertz CT molecular complexity index is 1370. The molecule has 7 nitrogen and oxygen atoms in total. The van der Waals surface area contributed by atoms with Crippen molar-refractivity contribution < 1.29 is 14.3 Å². The first kappa shape index (κ1) is 22.0. The summed E-state index contributed by atoms with van der Waals surface area (Å²) in [5.74, 6) is -1.21. The molecule has 0 aliphatic carbocycles. The molecule has 33 heavy (non-hydrogen) atoms. The van der Waals surface area contributed by atoms with E-state index in [2.05, 4.69) is 10.3 Å². The number of fused-ring (bicyclic) bond motifs is 1. The maximum absolute atomic E-state index is 13.4. The summed E-state index contributed by atoms with van der Waals surface area (Å²) in [5, 5.41) is 3.85. The standard InChI is InChI=1S/C26H23N3O4/c1-3-21(24(30)28-18-12-9-15-27-16-18)33-26(32)23-22(17-10-5-4-6-11-17)19-13-7-8-14-20(19)25(31)29(23)2/h4-16,21H,3H2,1-2H3,(H,28,30).